The molecule has 17 heavy (non-hydrogen) atoms. The smallest absolute Gasteiger partial charge is 0.135 e. The van der Waals surface area contributed by atoms with Crippen LogP contribution in [0.1, 0.15) is 0 Å². The zero-order valence-electron chi connectivity index (χ0n) is 9.69. The maximum Gasteiger partial charge on any atom is 0.135 e. The number of furan rings is 1. The lowest BCUT2D eigenvalue weighted by Crippen LogP contribution is -1.81. The highest BCUT2D eigenvalue weighted by Crippen LogP contribution is 2.33. The lowest BCUT2D eigenvalue weighted by atomic mass is 10.1. The van der Waals surface area contributed by atoms with Crippen molar-refractivity contribution in [1.29, 1.82) is 0 Å². The molecule has 3 nitrogen and oxygen atoms in total. The Balaban J connectivity index is 2.37. The van der Waals surface area contributed by atoms with Crippen LogP contribution in [0.5, 0.6) is 11.5 Å². The van der Waals surface area contributed by atoms with E-state index >= 15 is 0 Å². The fourth-order valence-electron chi connectivity index (χ4n) is 1.99. The van der Waals surface area contributed by atoms with E-state index in [-0.39, 0.29) is 0 Å². The van der Waals surface area contributed by atoms with E-state index in [0.717, 1.165) is 33.4 Å². The molecule has 86 valence electrons. The lowest BCUT2D eigenvalue weighted by molar-refractivity contribution is 0.415. The quantitative estimate of drug-likeness (QED) is 0.671. The van der Waals surface area contributed by atoms with Gasteiger partial charge in [0.25, 0.3) is 0 Å². The lowest BCUT2D eigenvalue weighted by Gasteiger charge is -1.99. The summed E-state index contributed by atoms with van der Waals surface area (Å²) < 4.78 is 16.2. The molecule has 0 amide bonds. The van der Waals surface area contributed by atoms with Gasteiger partial charge < -0.3 is 13.9 Å². The van der Waals surface area contributed by atoms with Crippen LogP contribution in [0.2, 0.25) is 0 Å². The van der Waals surface area contributed by atoms with E-state index < -0.39 is 0 Å². The predicted molar refractivity (Wildman–Crippen MR) is 66.8 cm³/mol. The SMILES string of the molecule is COc1ccc2oc3ccc(OC)cc3c2c1. The van der Waals surface area contributed by atoms with Gasteiger partial charge in [-0.3, -0.25) is 0 Å². The highest BCUT2D eigenvalue weighted by atomic mass is 16.5. The van der Waals surface area contributed by atoms with Crippen LogP contribution < -0.4 is 9.47 Å². The van der Waals surface area contributed by atoms with Crippen molar-refractivity contribution >= 4 is 21.9 Å². The average molecular weight is 228 g/mol. The summed E-state index contributed by atoms with van der Waals surface area (Å²) in [6.45, 7) is 0. The molecule has 1 aromatic heterocycles. The van der Waals surface area contributed by atoms with E-state index in [1.165, 1.54) is 0 Å². The van der Waals surface area contributed by atoms with E-state index in [1.807, 2.05) is 36.4 Å². The van der Waals surface area contributed by atoms with Gasteiger partial charge in [-0.1, -0.05) is 0 Å². The van der Waals surface area contributed by atoms with E-state index in [1.54, 1.807) is 14.2 Å². The second-order valence-electron chi connectivity index (χ2n) is 3.83. The molecule has 3 aromatic rings. The van der Waals surface area contributed by atoms with E-state index in [0.29, 0.717) is 0 Å². The normalized spacial score (nSPS) is 10.9. The molecule has 0 aliphatic rings. The van der Waals surface area contributed by atoms with Gasteiger partial charge in [0.15, 0.2) is 0 Å². The maximum atomic E-state index is 5.74. The zero-order chi connectivity index (χ0) is 11.8. The van der Waals surface area contributed by atoms with Gasteiger partial charge in [0.1, 0.15) is 22.7 Å². The summed E-state index contributed by atoms with van der Waals surface area (Å²) in [4.78, 5) is 0. The molecule has 0 bridgehead atoms. The number of fused-ring (bicyclic) bond motifs is 3. The Labute approximate surface area is 98.5 Å². The van der Waals surface area contributed by atoms with Crippen molar-refractivity contribution in [3.8, 4) is 11.5 Å². The minimum atomic E-state index is 0.822. The minimum absolute atomic E-state index is 0.822. The Morgan fingerprint density at radius 3 is 1.65 bits per heavy atom. The first-order chi connectivity index (χ1) is 8.31. The fraction of sp³-hybridized carbons (Fsp3) is 0.143. The molecular formula is C14H12O3. The number of ether oxygens (including phenoxy) is 2. The van der Waals surface area contributed by atoms with Gasteiger partial charge in [-0.05, 0) is 36.4 Å². The molecule has 0 aliphatic heterocycles. The summed E-state index contributed by atoms with van der Waals surface area (Å²) in [5.41, 5.74) is 1.71. The molecule has 0 radical (unpaired) electrons. The van der Waals surface area contributed by atoms with Gasteiger partial charge in [-0.25, -0.2) is 0 Å². The summed E-state index contributed by atoms with van der Waals surface area (Å²) >= 11 is 0. The number of hydrogen-bond acceptors (Lipinski definition) is 3. The molecule has 0 unspecified atom stereocenters. The first kappa shape index (κ1) is 10.0. The fourth-order valence-corrected chi connectivity index (χ4v) is 1.99. The third-order valence-corrected chi connectivity index (χ3v) is 2.88. The molecular weight excluding hydrogens is 216 g/mol. The Kier molecular flexibility index (Phi) is 2.18. The Morgan fingerprint density at radius 1 is 0.765 bits per heavy atom. The first-order valence-corrected chi connectivity index (χ1v) is 5.36. The highest BCUT2D eigenvalue weighted by Gasteiger charge is 2.08. The van der Waals surface area contributed by atoms with E-state index in [4.69, 9.17) is 13.9 Å². The predicted octanol–water partition coefficient (Wildman–Crippen LogP) is 3.60. The monoisotopic (exact) mass is 228 g/mol. The van der Waals surface area contributed by atoms with Crippen molar-refractivity contribution in [3.63, 3.8) is 0 Å². The van der Waals surface area contributed by atoms with Crippen molar-refractivity contribution in [2.75, 3.05) is 14.2 Å². The molecule has 0 N–H and O–H groups in total. The van der Waals surface area contributed by atoms with Crippen molar-refractivity contribution in [1.82, 2.24) is 0 Å². The van der Waals surface area contributed by atoms with Crippen LogP contribution in [0.15, 0.2) is 40.8 Å². The topological polar surface area (TPSA) is 31.6 Å². The first-order valence-electron chi connectivity index (χ1n) is 5.36. The number of methoxy groups -OCH3 is 2. The van der Waals surface area contributed by atoms with Crippen molar-refractivity contribution in [2.45, 2.75) is 0 Å². The molecule has 0 atom stereocenters. The number of hydrogen-bond donors (Lipinski definition) is 0. The van der Waals surface area contributed by atoms with Crippen LogP contribution in [0.4, 0.5) is 0 Å². The summed E-state index contributed by atoms with van der Waals surface area (Å²) in [5, 5.41) is 2.08. The molecule has 0 aliphatic carbocycles. The maximum absolute atomic E-state index is 5.74. The van der Waals surface area contributed by atoms with Crippen molar-refractivity contribution in [2.24, 2.45) is 0 Å². The summed E-state index contributed by atoms with van der Waals surface area (Å²) in [5.74, 6) is 1.64. The molecule has 0 saturated carbocycles. The molecule has 2 aromatic carbocycles. The van der Waals surface area contributed by atoms with Gasteiger partial charge in [-0.2, -0.15) is 0 Å². The molecule has 3 rings (SSSR count). The van der Waals surface area contributed by atoms with Crippen LogP contribution in [-0.2, 0) is 0 Å². The van der Waals surface area contributed by atoms with Crippen molar-refractivity contribution < 1.29 is 13.9 Å². The van der Waals surface area contributed by atoms with Crippen LogP contribution in [-0.4, -0.2) is 14.2 Å². The van der Waals surface area contributed by atoms with Gasteiger partial charge in [-0.15, -0.1) is 0 Å². The standard InChI is InChI=1S/C14H12O3/c1-15-9-3-5-13-11(7-9)12-8-10(16-2)4-6-14(12)17-13/h3-8H,1-2H3. The van der Waals surface area contributed by atoms with Crippen LogP contribution in [0, 0.1) is 0 Å². The second-order valence-corrected chi connectivity index (χ2v) is 3.83. The third-order valence-electron chi connectivity index (χ3n) is 2.88. The Bertz CT molecular complexity index is 624. The second kappa shape index (κ2) is 3.70. The van der Waals surface area contributed by atoms with E-state index in [9.17, 15) is 0 Å². The third kappa shape index (κ3) is 1.51. The van der Waals surface area contributed by atoms with Crippen LogP contribution >= 0.6 is 0 Å². The molecule has 1 heterocycles. The van der Waals surface area contributed by atoms with Crippen molar-refractivity contribution in [3.05, 3.63) is 36.4 Å². The summed E-state index contributed by atoms with van der Waals surface area (Å²) in [6.07, 6.45) is 0. The Hall–Kier alpha value is -2.16. The minimum Gasteiger partial charge on any atom is -0.497 e. The van der Waals surface area contributed by atoms with Gasteiger partial charge in [0, 0.05) is 10.8 Å². The van der Waals surface area contributed by atoms with Crippen LogP contribution in [0.3, 0.4) is 0 Å². The van der Waals surface area contributed by atoms with E-state index in [2.05, 4.69) is 0 Å². The summed E-state index contributed by atoms with van der Waals surface area (Å²) in [7, 11) is 3.31. The van der Waals surface area contributed by atoms with Gasteiger partial charge >= 0.3 is 0 Å². The highest BCUT2D eigenvalue weighted by molar-refractivity contribution is 6.05. The molecule has 3 heteroatoms. The van der Waals surface area contributed by atoms with Gasteiger partial charge in [0.2, 0.25) is 0 Å². The molecule has 0 fully saturated rings. The molecule has 0 saturated heterocycles. The average Bonchev–Trinajstić information content (AvgIpc) is 2.75. The summed E-state index contributed by atoms with van der Waals surface area (Å²) in [6, 6.07) is 11.6. The Morgan fingerprint density at radius 2 is 1.24 bits per heavy atom. The molecule has 0 spiro atoms. The number of rotatable bonds is 2. The largest absolute Gasteiger partial charge is 0.497 e. The number of benzene rings is 2. The van der Waals surface area contributed by atoms with Crippen LogP contribution in [0.25, 0.3) is 21.9 Å². The van der Waals surface area contributed by atoms with Gasteiger partial charge in [0.05, 0.1) is 14.2 Å². The zero-order valence-corrected chi connectivity index (χ0v) is 9.69.